The van der Waals surface area contributed by atoms with Gasteiger partial charge in [-0.05, 0) is 54.9 Å². The van der Waals surface area contributed by atoms with Gasteiger partial charge in [-0.3, -0.25) is 0 Å². The summed E-state index contributed by atoms with van der Waals surface area (Å²) < 4.78 is 27.1. The number of aliphatic hydroxyl groups is 1. The molecule has 0 amide bonds. The van der Waals surface area contributed by atoms with Crippen molar-refractivity contribution in [2.24, 2.45) is 0 Å². The summed E-state index contributed by atoms with van der Waals surface area (Å²) in [5.74, 6) is 0. The SMILES string of the molecule is O=S(=O)(NCCCN1CCC(O)(c2ccc(Cl)cc2)CC1)c1cccs1. The van der Waals surface area contributed by atoms with Crippen molar-refractivity contribution in [1.29, 1.82) is 0 Å². The van der Waals surface area contributed by atoms with Gasteiger partial charge in [0.2, 0.25) is 10.0 Å². The Morgan fingerprint density at radius 2 is 1.88 bits per heavy atom. The van der Waals surface area contributed by atoms with Crippen molar-refractivity contribution in [3.63, 3.8) is 0 Å². The summed E-state index contributed by atoms with van der Waals surface area (Å²) in [4.78, 5) is 2.27. The summed E-state index contributed by atoms with van der Waals surface area (Å²) in [6, 6.07) is 10.7. The fourth-order valence-electron chi connectivity index (χ4n) is 3.19. The number of piperidine rings is 1. The van der Waals surface area contributed by atoms with Crippen LogP contribution in [0.5, 0.6) is 0 Å². The summed E-state index contributed by atoms with van der Waals surface area (Å²) in [5, 5.41) is 13.3. The minimum Gasteiger partial charge on any atom is -0.385 e. The molecule has 1 aromatic carbocycles. The molecule has 1 fully saturated rings. The predicted molar refractivity (Wildman–Crippen MR) is 105 cm³/mol. The van der Waals surface area contributed by atoms with E-state index >= 15 is 0 Å². The standard InChI is InChI=1S/C18H23ClN2O3S2/c19-16-6-4-15(5-7-16)18(22)8-12-21(13-9-18)11-2-10-20-26(23,24)17-3-1-14-25-17/h1,3-7,14,20,22H,2,8-13H2. The zero-order valence-corrected chi connectivity index (χ0v) is 16.8. The van der Waals surface area contributed by atoms with Gasteiger partial charge in [0, 0.05) is 24.7 Å². The van der Waals surface area contributed by atoms with Gasteiger partial charge in [-0.2, -0.15) is 0 Å². The number of hydrogen-bond acceptors (Lipinski definition) is 5. The van der Waals surface area contributed by atoms with Crippen molar-refractivity contribution in [3.05, 3.63) is 52.4 Å². The van der Waals surface area contributed by atoms with Crippen molar-refractivity contribution in [2.75, 3.05) is 26.2 Å². The van der Waals surface area contributed by atoms with Gasteiger partial charge in [0.05, 0.1) is 5.60 Å². The third kappa shape index (κ3) is 4.85. The van der Waals surface area contributed by atoms with Gasteiger partial charge >= 0.3 is 0 Å². The molecule has 0 bridgehead atoms. The first-order valence-corrected chi connectivity index (χ1v) is 11.4. The average Bonchev–Trinajstić information content (AvgIpc) is 3.16. The molecule has 1 aliphatic rings. The molecule has 2 N–H and O–H groups in total. The van der Waals surface area contributed by atoms with Crippen molar-refractivity contribution in [2.45, 2.75) is 29.1 Å². The molecule has 0 radical (unpaired) electrons. The van der Waals surface area contributed by atoms with Crippen molar-refractivity contribution in [3.8, 4) is 0 Å². The fraction of sp³-hybridized carbons (Fsp3) is 0.444. The first-order valence-electron chi connectivity index (χ1n) is 8.63. The zero-order valence-electron chi connectivity index (χ0n) is 14.4. The number of nitrogens with one attached hydrogen (secondary N) is 1. The molecule has 142 valence electrons. The normalized spacial score (nSPS) is 18.1. The average molecular weight is 415 g/mol. The summed E-state index contributed by atoms with van der Waals surface area (Å²) in [6.07, 6.45) is 2.06. The van der Waals surface area contributed by atoms with E-state index in [0.717, 1.165) is 31.6 Å². The minimum atomic E-state index is -3.38. The topological polar surface area (TPSA) is 69.6 Å². The van der Waals surface area contributed by atoms with E-state index in [0.29, 0.717) is 28.6 Å². The second-order valence-corrected chi connectivity index (χ2v) is 9.94. The van der Waals surface area contributed by atoms with Gasteiger partial charge in [0.15, 0.2) is 0 Å². The number of halogens is 1. The third-order valence-electron chi connectivity index (χ3n) is 4.77. The van der Waals surface area contributed by atoms with Crippen molar-refractivity contribution >= 4 is 33.0 Å². The molecule has 5 nitrogen and oxygen atoms in total. The highest BCUT2D eigenvalue weighted by molar-refractivity contribution is 7.91. The van der Waals surface area contributed by atoms with Crippen LogP contribution >= 0.6 is 22.9 Å². The molecule has 8 heteroatoms. The molecule has 1 aliphatic heterocycles. The quantitative estimate of drug-likeness (QED) is 0.683. The summed E-state index contributed by atoms with van der Waals surface area (Å²) in [7, 11) is -3.38. The Hall–Kier alpha value is -0.960. The molecular weight excluding hydrogens is 392 g/mol. The van der Waals surface area contributed by atoms with E-state index in [4.69, 9.17) is 11.6 Å². The van der Waals surface area contributed by atoms with Gasteiger partial charge in [0.25, 0.3) is 0 Å². The van der Waals surface area contributed by atoms with Crippen LogP contribution in [0, 0.1) is 0 Å². The van der Waals surface area contributed by atoms with Crippen LogP contribution in [0.3, 0.4) is 0 Å². The van der Waals surface area contributed by atoms with Crippen molar-refractivity contribution < 1.29 is 13.5 Å². The predicted octanol–water partition coefficient (Wildman–Crippen LogP) is 3.05. The number of nitrogens with zero attached hydrogens (tertiary/aromatic N) is 1. The number of thiophene rings is 1. The molecular formula is C18H23ClN2O3S2. The lowest BCUT2D eigenvalue weighted by atomic mass is 9.84. The Balaban J connectivity index is 1.42. The molecule has 0 saturated carbocycles. The number of hydrogen-bond donors (Lipinski definition) is 2. The van der Waals surface area contributed by atoms with Crippen LogP contribution in [0.25, 0.3) is 0 Å². The van der Waals surface area contributed by atoms with Gasteiger partial charge in [0.1, 0.15) is 4.21 Å². The van der Waals surface area contributed by atoms with Crippen LogP contribution in [0.15, 0.2) is 46.0 Å². The van der Waals surface area contributed by atoms with E-state index in [1.165, 1.54) is 11.3 Å². The number of benzene rings is 1. The molecule has 2 heterocycles. The lowest BCUT2D eigenvalue weighted by Gasteiger charge is -2.38. The molecule has 1 aromatic heterocycles. The van der Waals surface area contributed by atoms with Crippen LogP contribution in [-0.4, -0.2) is 44.6 Å². The highest BCUT2D eigenvalue weighted by Crippen LogP contribution is 2.33. The Morgan fingerprint density at radius 1 is 1.19 bits per heavy atom. The highest BCUT2D eigenvalue weighted by Gasteiger charge is 2.33. The van der Waals surface area contributed by atoms with Gasteiger partial charge in [-0.25, -0.2) is 13.1 Å². The first-order chi connectivity index (χ1) is 12.4. The van der Waals surface area contributed by atoms with Gasteiger partial charge in [-0.15, -0.1) is 11.3 Å². The van der Waals surface area contributed by atoms with E-state index < -0.39 is 15.6 Å². The monoisotopic (exact) mass is 414 g/mol. The summed E-state index contributed by atoms with van der Waals surface area (Å²) in [5.41, 5.74) is 0.104. The van der Waals surface area contributed by atoms with E-state index in [-0.39, 0.29) is 0 Å². The minimum absolute atomic E-state index is 0.350. The maximum absolute atomic E-state index is 12.1. The summed E-state index contributed by atoms with van der Waals surface area (Å²) in [6.45, 7) is 2.80. The van der Waals surface area contributed by atoms with Crippen LogP contribution < -0.4 is 4.72 Å². The Kier molecular flexibility index (Phi) is 6.37. The fourth-order valence-corrected chi connectivity index (χ4v) is 5.43. The van der Waals surface area contributed by atoms with Crippen molar-refractivity contribution in [1.82, 2.24) is 9.62 Å². The highest BCUT2D eigenvalue weighted by atomic mass is 35.5. The Morgan fingerprint density at radius 3 is 2.50 bits per heavy atom. The maximum Gasteiger partial charge on any atom is 0.250 e. The van der Waals surface area contributed by atoms with E-state index in [9.17, 15) is 13.5 Å². The van der Waals surface area contributed by atoms with Crippen LogP contribution in [0.4, 0.5) is 0 Å². The molecule has 1 saturated heterocycles. The second-order valence-electron chi connectivity index (χ2n) is 6.56. The maximum atomic E-state index is 12.1. The molecule has 2 aromatic rings. The van der Waals surface area contributed by atoms with Gasteiger partial charge < -0.3 is 10.0 Å². The molecule has 0 spiro atoms. The lowest BCUT2D eigenvalue weighted by Crippen LogP contribution is -2.43. The molecule has 3 rings (SSSR count). The number of likely N-dealkylation sites (tertiary alicyclic amines) is 1. The van der Waals surface area contributed by atoms with E-state index in [1.807, 2.05) is 12.1 Å². The Bertz CT molecular complexity index is 799. The van der Waals surface area contributed by atoms with E-state index in [2.05, 4.69) is 9.62 Å². The molecule has 0 aliphatic carbocycles. The zero-order chi connectivity index (χ0) is 18.6. The Labute approximate surface area is 163 Å². The first kappa shape index (κ1) is 19.8. The number of sulfonamides is 1. The summed E-state index contributed by atoms with van der Waals surface area (Å²) >= 11 is 7.13. The van der Waals surface area contributed by atoms with Crippen LogP contribution in [0.2, 0.25) is 5.02 Å². The largest absolute Gasteiger partial charge is 0.385 e. The van der Waals surface area contributed by atoms with Crippen LogP contribution in [0.1, 0.15) is 24.8 Å². The lowest BCUT2D eigenvalue weighted by molar-refractivity contribution is -0.0259. The number of rotatable bonds is 7. The third-order valence-corrected chi connectivity index (χ3v) is 7.88. The van der Waals surface area contributed by atoms with Gasteiger partial charge in [-0.1, -0.05) is 29.8 Å². The molecule has 0 atom stereocenters. The molecule has 26 heavy (non-hydrogen) atoms. The smallest absolute Gasteiger partial charge is 0.250 e. The second kappa shape index (κ2) is 8.37. The van der Waals surface area contributed by atoms with Crippen LogP contribution in [-0.2, 0) is 15.6 Å². The van der Waals surface area contributed by atoms with E-state index in [1.54, 1.807) is 29.6 Å². The molecule has 0 unspecified atom stereocenters.